The first-order valence-corrected chi connectivity index (χ1v) is 5.13. The molecule has 0 atom stereocenters. The van der Waals surface area contributed by atoms with Crippen molar-refractivity contribution in [3.63, 3.8) is 0 Å². The van der Waals surface area contributed by atoms with Crippen molar-refractivity contribution in [2.45, 2.75) is 0 Å². The molecule has 3 rings (SSSR count). The SMILES string of the molecule is Clc1ccccc1-n1cc(-c2nn[nH]n2)nn1. The van der Waals surface area contributed by atoms with Crippen LogP contribution in [0.4, 0.5) is 0 Å². The number of halogens is 1. The van der Waals surface area contributed by atoms with Gasteiger partial charge in [-0.1, -0.05) is 28.9 Å². The number of para-hydroxylation sites is 1. The average Bonchev–Trinajstić information content (AvgIpc) is 3.00. The molecule has 0 unspecified atom stereocenters. The Labute approximate surface area is 100 Å². The predicted molar refractivity (Wildman–Crippen MR) is 59.5 cm³/mol. The van der Waals surface area contributed by atoms with Crippen LogP contribution in [0.15, 0.2) is 30.5 Å². The monoisotopic (exact) mass is 247 g/mol. The molecule has 0 aliphatic carbocycles. The number of H-pyrrole nitrogens is 1. The van der Waals surface area contributed by atoms with E-state index >= 15 is 0 Å². The van der Waals surface area contributed by atoms with Crippen molar-refractivity contribution >= 4 is 11.6 Å². The maximum absolute atomic E-state index is 6.05. The van der Waals surface area contributed by atoms with Crippen molar-refractivity contribution in [1.82, 2.24) is 35.6 Å². The van der Waals surface area contributed by atoms with Crippen molar-refractivity contribution in [2.75, 3.05) is 0 Å². The minimum atomic E-state index is 0.392. The number of hydrogen-bond acceptors (Lipinski definition) is 5. The summed E-state index contributed by atoms with van der Waals surface area (Å²) in [7, 11) is 0. The van der Waals surface area contributed by atoms with Gasteiger partial charge in [0.15, 0.2) is 5.69 Å². The molecule has 0 spiro atoms. The van der Waals surface area contributed by atoms with Gasteiger partial charge in [-0.05, 0) is 17.3 Å². The summed E-state index contributed by atoms with van der Waals surface area (Å²) in [4.78, 5) is 0. The third-order valence-corrected chi connectivity index (χ3v) is 2.49. The van der Waals surface area contributed by atoms with Crippen LogP contribution in [0.2, 0.25) is 5.02 Å². The lowest BCUT2D eigenvalue weighted by Crippen LogP contribution is -1.95. The highest BCUT2D eigenvalue weighted by Gasteiger charge is 2.10. The zero-order valence-corrected chi connectivity index (χ0v) is 9.20. The molecule has 84 valence electrons. The van der Waals surface area contributed by atoms with Crippen LogP contribution >= 0.6 is 11.6 Å². The van der Waals surface area contributed by atoms with Crippen LogP contribution in [0, 0.1) is 0 Å². The van der Waals surface area contributed by atoms with Gasteiger partial charge >= 0.3 is 0 Å². The van der Waals surface area contributed by atoms with Gasteiger partial charge in [0.25, 0.3) is 0 Å². The van der Waals surface area contributed by atoms with Crippen LogP contribution in [0.5, 0.6) is 0 Å². The number of aromatic amines is 1. The van der Waals surface area contributed by atoms with Gasteiger partial charge in [0.2, 0.25) is 5.82 Å². The zero-order valence-electron chi connectivity index (χ0n) is 8.45. The van der Waals surface area contributed by atoms with Gasteiger partial charge in [0.1, 0.15) is 0 Å². The fourth-order valence-corrected chi connectivity index (χ4v) is 1.61. The van der Waals surface area contributed by atoms with Crippen LogP contribution in [0.1, 0.15) is 0 Å². The molecule has 0 radical (unpaired) electrons. The number of tetrazole rings is 1. The molecule has 0 bridgehead atoms. The van der Waals surface area contributed by atoms with Crippen LogP contribution in [-0.2, 0) is 0 Å². The summed E-state index contributed by atoms with van der Waals surface area (Å²) >= 11 is 6.05. The Morgan fingerprint density at radius 2 is 2.06 bits per heavy atom. The van der Waals surface area contributed by atoms with Crippen molar-refractivity contribution in [2.24, 2.45) is 0 Å². The van der Waals surface area contributed by atoms with Crippen molar-refractivity contribution in [3.8, 4) is 17.2 Å². The number of aromatic nitrogens is 7. The molecule has 7 nitrogen and oxygen atoms in total. The van der Waals surface area contributed by atoms with E-state index in [1.165, 1.54) is 0 Å². The fourth-order valence-electron chi connectivity index (χ4n) is 1.39. The molecule has 0 amide bonds. The van der Waals surface area contributed by atoms with Crippen LogP contribution in [0.3, 0.4) is 0 Å². The molecule has 0 saturated heterocycles. The number of nitrogens with one attached hydrogen (secondary N) is 1. The normalized spacial score (nSPS) is 10.6. The van der Waals surface area contributed by atoms with E-state index in [0.717, 1.165) is 5.69 Å². The molecule has 1 aromatic carbocycles. The van der Waals surface area contributed by atoms with Crippen LogP contribution in [-0.4, -0.2) is 35.6 Å². The lowest BCUT2D eigenvalue weighted by atomic mass is 10.3. The summed E-state index contributed by atoms with van der Waals surface area (Å²) in [6, 6.07) is 7.35. The van der Waals surface area contributed by atoms with Gasteiger partial charge in [-0.25, -0.2) is 4.68 Å². The van der Waals surface area contributed by atoms with Gasteiger partial charge in [-0.3, -0.25) is 0 Å². The minimum Gasteiger partial charge on any atom is -0.218 e. The first-order chi connectivity index (χ1) is 8.34. The summed E-state index contributed by atoms with van der Waals surface area (Å²) < 4.78 is 1.56. The van der Waals surface area contributed by atoms with Gasteiger partial charge in [-0.2, -0.15) is 5.21 Å². The summed E-state index contributed by atoms with van der Waals surface area (Å²) in [5, 5.41) is 22.0. The number of hydrogen-bond donors (Lipinski definition) is 1. The second-order valence-electron chi connectivity index (χ2n) is 3.24. The first-order valence-electron chi connectivity index (χ1n) is 4.75. The number of nitrogens with zero attached hydrogens (tertiary/aromatic N) is 6. The molecule has 1 N–H and O–H groups in total. The average molecular weight is 248 g/mol. The molecule has 3 aromatic rings. The minimum absolute atomic E-state index is 0.392. The number of benzene rings is 1. The van der Waals surface area contributed by atoms with E-state index in [9.17, 15) is 0 Å². The summed E-state index contributed by atoms with van der Waals surface area (Å²) in [6.07, 6.45) is 1.69. The van der Waals surface area contributed by atoms with Crippen LogP contribution < -0.4 is 0 Å². The molecular weight excluding hydrogens is 242 g/mol. The Morgan fingerprint density at radius 3 is 2.82 bits per heavy atom. The molecule has 17 heavy (non-hydrogen) atoms. The molecule has 0 aliphatic rings. The highest BCUT2D eigenvalue weighted by molar-refractivity contribution is 6.32. The van der Waals surface area contributed by atoms with E-state index in [-0.39, 0.29) is 0 Å². The van der Waals surface area contributed by atoms with Gasteiger partial charge in [0.05, 0.1) is 16.9 Å². The summed E-state index contributed by atoms with van der Waals surface area (Å²) in [5.74, 6) is 0.392. The Morgan fingerprint density at radius 1 is 1.18 bits per heavy atom. The third kappa shape index (κ3) is 1.76. The van der Waals surface area contributed by atoms with E-state index in [4.69, 9.17) is 11.6 Å². The van der Waals surface area contributed by atoms with Gasteiger partial charge in [0, 0.05) is 0 Å². The molecule has 0 aliphatic heterocycles. The molecule has 2 heterocycles. The van der Waals surface area contributed by atoms with E-state index < -0.39 is 0 Å². The number of rotatable bonds is 2. The van der Waals surface area contributed by atoms with E-state index in [1.54, 1.807) is 16.9 Å². The molecular formula is C9H6ClN7. The maximum Gasteiger partial charge on any atom is 0.226 e. The van der Waals surface area contributed by atoms with Crippen molar-refractivity contribution in [3.05, 3.63) is 35.5 Å². The Hall–Kier alpha value is -2.28. The lowest BCUT2D eigenvalue weighted by Gasteiger charge is -2.00. The van der Waals surface area contributed by atoms with Crippen molar-refractivity contribution < 1.29 is 0 Å². The Kier molecular flexibility index (Phi) is 2.30. The second kappa shape index (κ2) is 3.95. The maximum atomic E-state index is 6.05. The topological polar surface area (TPSA) is 85.2 Å². The van der Waals surface area contributed by atoms with E-state index in [1.807, 2.05) is 18.2 Å². The standard InChI is InChI=1S/C9H6ClN7/c10-6-3-1-2-4-8(6)17-5-7(11-16-17)9-12-14-15-13-9/h1-5H,(H,12,13,14,15). The third-order valence-electron chi connectivity index (χ3n) is 2.17. The predicted octanol–water partition coefficient (Wildman–Crippen LogP) is 1.10. The quantitative estimate of drug-likeness (QED) is 0.733. The summed E-state index contributed by atoms with van der Waals surface area (Å²) in [5.41, 5.74) is 1.27. The van der Waals surface area contributed by atoms with Gasteiger partial charge < -0.3 is 0 Å². The highest BCUT2D eigenvalue weighted by Crippen LogP contribution is 2.20. The second-order valence-corrected chi connectivity index (χ2v) is 3.64. The summed E-state index contributed by atoms with van der Waals surface area (Å²) in [6.45, 7) is 0. The zero-order chi connectivity index (χ0) is 11.7. The molecule has 0 fully saturated rings. The Balaban J connectivity index is 2.04. The largest absolute Gasteiger partial charge is 0.226 e. The molecule has 2 aromatic heterocycles. The Bertz CT molecular complexity index is 630. The fraction of sp³-hybridized carbons (Fsp3) is 0. The molecule has 0 saturated carbocycles. The smallest absolute Gasteiger partial charge is 0.218 e. The van der Waals surface area contributed by atoms with Crippen LogP contribution in [0.25, 0.3) is 17.2 Å². The lowest BCUT2D eigenvalue weighted by molar-refractivity contribution is 0.803. The van der Waals surface area contributed by atoms with Crippen molar-refractivity contribution in [1.29, 1.82) is 0 Å². The van der Waals surface area contributed by atoms with E-state index in [0.29, 0.717) is 16.5 Å². The van der Waals surface area contributed by atoms with Gasteiger partial charge in [-0.15, -0.1) is 15.3 Å². The van der Waals surface area contributed by atoms with E-state index in [2.05, 4.69) is 30.9 Å². The molecule has 8 heteroatoms. The highest BCUT2D eigenvalue weighted by atomic mass is 35.5. The first kappa shape index (κ1) is 9.91.